The van der Waals surface area contributed by atoms with Crippen LogP contribution in [0.25, 0.3) is 17.1 Å². The Morgan fingerprint density at radius 3 is 2.02 bits per heavy atom. The second kappa shape index (κ2) is 23.8. The van der Waals surface area contributed by atoms with Gasteiger partial charge in [-0.3, -0.25) is 9.36 Å². The van der Waals surface area contributed by atoms with Crippen molar-refractivity contribution in [3.05, 3.63) is 114 Å². The molecule has 64 heavy (non-hydrogen) atoms. The van der Waals surface area contributed by atoms with Gasteiger partial charge in [-0.15, -0.1) is 0 Å². The van der Waals surface area contributed by atoms with Gasteiger partial charge in [0.05, 0.1) is 36.0 Å². The number of hydrogen-bond donors (Lipinski definition) is 1. The van der Waals surface area contributed by atoms with Gasteiger partial charge in [-0.05, 0) is 141 Å². The minimum Gasteiger partial charge on any atom is -0.494 e. The smallest absolute Gasteiger partial charge is 0.312 e. The first-order valence-electron chi connectivity index (χ1n) is 23.2. The number of aryl methyl sites for hydroxylation is 1. The standard InChI is InChI=1S/C53H75FN2O3S.C2H6.CH4S/c1-37-23-20-21-27-45(37)56-31-30-55-46(56)42-29-28-41(33-43(42)51(12,13)60-54)59-32-22-24-38(2)52(14,39(3)34-53(15,47(57)58-16)49(7,8)9)36-50(10,11)35-44(48(4,5)6)40-25-18-17-19-26-40;2*1-2/h17-21,23,25-31,33,39,44H,2,22,24,32,34-36H2,1,3-16H3;1-2H3;2H,1H3. The molecule has 0 aliphatic rings. The molecule has 0 amide bonds. The van der Waals surface area contributed by atoms with E-state index in [1.54, 1.807) is 12.5 Å². The number of esters is 1. The molecule has 3 aromatic carbocycles. The molecule has 0 bridgehead atoms. The normalized spacial score (nSPS) is 14.9. The van der Waals surface area contributed by atoms with Crippen LogP contribution in [0.3, 0.4) is 0 Å². The maximum Gasteiger partial charge on any atom is 0.312 e. The molecule has 1 aromatic heterocycles. The van der Waals surface area contributed by atoms with Crippen LogP contribution in [0, 0.1) is 39.9 Å². The predicted molar refractivity (Wildman–Crippen MR) is 279 cm³/mol. The lowest BCUT2D eigenvalue weighted by atomic mass is 9.55. The van der Waals surface area contributed by atoms with Crippen molar-refractivity contribution in [3.63, 3.8) is 0 Å². The molecule has 4 atom stereocenters. The zero-order valence-electron chi connectivity index (χ0n) is 43.0. The van der Waals surface area contributed by atoms with Crippen LogP contribution in [0.15, 0.2) is 97.3 Å². The van der Waals surface area contributed by atoms with E-state index in [4.69, 9.17) is 21.0 Å². The number of halogens is 1. The number of methoxy groups -OCH3 is 1. The number of nitrogens with zero attached hydrogens (tertiary/aromatic N) is 2. The van der Waals surface area contributed by atoms with Crippen LogP contribution >= 0.6 is 24.8 Å². The third kappa shape index (κ3) is 14.0. The number of rotatable bonds is 19. The quantitative estimate of drug-likeness (QED) is 0.0440. The van der Waals surface area contributed by atoms with Crippen LogP contribution in [-0.4, -0.2) is 35.5 Å². The van der Waals surface area contributed by atoms with Gasteiger partial charge in [-0.1, -0.05) is 144 Å². The summed E-state index contributed by atoms with van der Waals surface area (Å²) in [5.41, 5.74) is 5.11. The molecule has 0 spiro atoms. The number of imidazole rings is 1. The summed E-state index contributed by atoms with van der Waals surface area (Å²) in [5, 5.41) is 0. The number of allylic oxidation sites excluding steroid dienone is 1. The van der Waals surface area contributed by atoms with Gasteiger partial charge in [-0.25, -0.2) is 4.98 Å². The zero-order valence-corrected chi connectivity index (χ0v) is 44.8. The van der Waals surface area contributed by atoms with E-state index >= 15 is 0 Å². The molecule has 0 fully saturated rings. The summed E-state index contributed by atoms with van der Waals surface area (Å²) >= 11 is 3.85. The van der Waals surface area contributed by atoms with Gasteiger partial charge in [0.25, 0.3) is 0 Å². The molecule has 356 valence electrons. The summed E-state index contributed by atoms with van der Waals surface area (Å²) in [6.45, 7) is 40.2. The van der Waals surface area contributed by atoms with Crippen molar-refractivity contribution >= 4 is 30.7 Å². The fourth-order valence-electron chi connectivity index (χ4n) is 9.27. The highest BCUT2D eigenvalue weighted by Gasteiger charge is 2.50. The van der Waals surface area contributed by atoms with E-state index in [0.29, 0.717) is 36.8 Å². The number of carbonyl (C=O) groups excluding carboxylic acids is 1. The Morgan fingerprint density at radius 2 is 1.47 bits per heavy atom. The van der Waals surface area contributed by atoms with Gasteiger partial charge < -0.3 is 9.47 Å². The first-order valence-corrected chi connectivity index (χ1v) is 24.9. The Labute approximate surface area is 399 Å². The van der Waals surface area contributed by atoms with E-state index < -0.39 is 10.2 Å². The van der Waals surface area contributed by atoms with Crippen LogP contribution in [-0.2, 0) is 14.3 Å². The molecule has 0 radical (unpaired) electrons. The molecule has 0 N–H and O–H groups in total. The van der Waals surface area contributed by atoms with Crippen molar-refractivity contribution in [1.82, 2.24) is 9.55 Å². The maximum absolute atomic E-state index is 14.6. The summed E-state index contributed by atoms with van der Waals surface area (Å²) < 4.78 is 27.8. The molecule has 8 heteroatoms. The van der Waals surface area contributed by atoms with Crippen LogP contribution in [0.2, 0.25) is 0 Å². The molecule has 1 heterocycles. The summed E-state index contributed by atoms with van der Waals surface area (Å²) in [6, 6.07) is 25.1. The Kier molecular flexibility index (Phi) is 21.1. The number of para-hydroxylation sites is 1. The highest BCUT2D eigenvalue weighted by atomic mass is 32.2. The lowest BCUT2D eigenvalue weighted by Gasteiger charge is -2.49. The van der Waals surface area contributed by atoms with Crippen molar-refractivity contribution < 1.29 is 18.2 Å². The molecular formula is C56H85FN2O3S2. The first-order chi connectivity index (χ1) is 29.8. The van der Waals surface area contributed by atoms with Gasteiger partial charge >= 0.3 is 5.97 Å². The van der Waals surface area contributed by atoms with Gasteiger partial charge in [0, 0.05) is 23.6 Å². The number of hydrogen-bond acceptors (Lipinski definition) is 6. The van der Waals surface area contributed by atoms with E-state index in [-0.39, 0.29) is 33.5 Å². The molecular weight excluding hydrogens is 832 g/mol. The third-order valence-corrected chi connectivity index (χ3v) is 14.3. The summed E-state index contributed by atoms with van der Waals surface area (Å²) in [5.74, 6) is 1.78. The monoisotopic (exact) mass is 917 g/mol. The fraction of sp³-hybridized carbons (Fsp3) is 0.571. The lowest BCUT2D eigenvalue weighted by Crippen LogP contribution is -2.45. The molecule has 4 unspecified atom stereocenters. The fourth-order valence-corrected chi connectivity index (χ4v) is 9.53. The van der Waals surface area contributed by atoms with Crippen molar-refractivity contribution in [2.24, 2.45) is 33.0 Å². The largest absolute Gasteiger partial charge is 0.494 e. The molecule has 0 saturated carbocycles. The molecule has 4 rings (SSSR count). The van der Waals surface area contributed by atoms with E-state index in [9.17, 15) is 8.68 Å². The number of thiol groups is 1. The van der Waals surface area contributed by atoms with Gasteiger partial charge in [0.2, 0.25) is 0 Å². The lowest BCUT2D eigenvalue weighted by molar-refractivity contribution is -0.161. The Bertz CT molecular complexity index is 2060. The SMILES string of the molecule is C=C(CCCOc1ccc(-c2nccn2-c2ccccc2C)c(C(C)(C)SF)c1)C(C)(CC(C)(C)CC(c1ccccc1)C(C)(C)C)C(C)CC(C)(C(=O)OC)C(C)(C)C.CC.CS. The van der Waals surface area contributed by atoms with Gasteiger partial charge in [0.1, 0.15) is 11.6 Å². The Balaban J connectivity index is 0.00000342. The van der Waals surface area contributed by atoms with Crippen LogP contribution in [0.1, 0.15) is 159 Å². The Hall–Kier alpha value is -3.49. The second-order valence-corrected chi connectivity index (χ2v) is 22.4. The van der Waals surface area contributed by atoms with Crippen molar-refractivity contribution in [3.8, 4) is 22.8 Å². The molecule has 0 saturated heterocycles. The minimum absolute atomic E-state index is 0.0487. The summed E-state index contributed by atoms with van der Waals surface area (Å²) in [7, 11) is 1.50. The first kappa shape index (κ1) is 56.6. The van der Waals surface area contributed by atoms with Crippen LogP contribution in [0.5, 0.6) is 5.75 Å². The summed E-state index contributed by atoms with van der Waals surface area (Å²) in [6.07, 6.45) is 9.58. The van der Waals surface area contributed by atoms with E-state index in [1.165, 1.54) is 18.2 Å². The average Bonchev–Trinajstić information content (AvgIpc) is 3.74. The number of ether oxygens (including phenoxy) is 2. The highest BCUT2D eigenvalue weighted by molar-refractivity contribution is 7.95. The topological polar surface area (TPSA) is 53.4 Å². The van der Waals surface area contributed by atoms with Crippen LogP contribution in [0.4, 0.5) is 3.89 Å². The number of aromatic nitrogens is 2. The molecule has 0 aliphatic heterocycles. The third-order valence-electron chi connectivity index (χ3n) is 13.7. The van der Waals surface area contributed by atoms with Crippen molar-refractivity contribution in [1.29, 1.82) is 0 Å². The van der Waals surface area contributed by atoms with Crippen molar-refractivity contribution in [2.45, 2.75) is 154 Å². The zero-order chi connectivity index (χ0) is 48.9. The van der Waals surface area contributed by atoms with Gasteiger partial charge in [-0.2, -0.15) is 16.5 Å². The molecule has 0 aliphatic carbocycles. The van der Waals surface area contributed by atoms with Crippen molar-refractivity contribution in [2.75, 3.05) is 20.0 Å². The van der Waals surface area contributed by atoms with E-state index in [1.807, 2.05) is 64.2 Å². The maximum atomic E-state index is 14.6. The van der Waals surface area contributed by atoms with Crippen LogP contribution < -0.4 is 4.74 Å². The van der Waals surface area contributed by atoms with Gasteiger partial charge in [0.15, 0.2) is 0 Å². The number of benzene rings is 3. The molecule has 4 aromatic rings. The molecule has 5 nitrogen and oxygen atoms in total. The van der Waals surface area contributed by atoms with E-state index in [0.717, 1.165) is 53.9 Å². The average molecular weight is 917 g/mol. The summed E-state index contributed by atoms with van der Waals surface area (Å²) in [4.78, 5) is 18.3. The highest BCUT2D eigenvalue weighted by Crippen LogP contribution is 2.55. The second-order valence-electron chi connectivity index (χ2n) is 21.2. The Morgan fingerprint density at radius 1 is 0.875 bits per heavy atom. The number of carbonyl (C=O) groups is 1. The van der Waals surface area contributed by atoms with E-state index in [2.05, 4.69) is 143 Å². The predicted octanol–water partition coefficient (Wildman–Crippen LogP) is 16.9. The minimum atomic E-state index is -0.839.